The van der Waals surface area contributed by atoms with E-state index >= 15 is 0 Å². The Balaban J connectivity index is 1.80. The van der Waals surface area contributed by atoms with E-state index in [0.717, 1.165) is 18.8 Å². The van der Waals surface area contributed by atoms with Crippen LogP contribution in [0.1, 0.15) is 51.2 Å². The van der Waals surface area contributed by atoms with E-state index in [0.29, 0.717) is 31.2 Å². The molecule has 1 fully saturated rings. The molecule has 0 radical (unpaired) electrons. The molecule has 9 heteroatoms. The number of rotatable bonds is 7. The molecule has 2 heterocycles. The van der Waals surface area contributed by atoms with Crippen LogP contribution in [0, 0.1) is 0 Å². The highest BCUT2D eigenvalue weighted by Gasteiger charge is 2.28. The maximum atomic E-state index is 11.5. The third-order valence-electron chi connectivity index (χ3n) is 3.74. The van der Waals surface area contributed by atoms with Crippen LogP contribution in [0.4, 0.5) is 0 Å². The molecule has 0 bridgehead atoms. The van der Waals surface area contributed by atoms with Gasteiger partial charge in [0.15, 0.2) is 21.6 Å². The van der Waals surface area contributed by atoms with Crippen LogP contribution in [-0.2, 0) is 16.3 Å². The molecule has 0 aliphatic carbocycles. The molecule has 1 aromatic rings. The van der Waals surface area contributed by atoms with E-state index in [-0.39, 0.29) is 23.5 Å². The van der Waals surface area contributed by atoms with Gasteiger partial charge in [-0.3, -0.25) is 4.99 Å². The zero-order valence-corrected chi connectivity index (χ0v) is 15.4. The summed E-state index contributed by atoms with van der Waals surface area (Å²) in [5.41, 5.74) is 0. The van der Waals surface area contributed by atoms with Crippen molar-refractivity contribution in [1.82, 2.24) is 20.8 Å². The van der Waals surface area contributed by atoms with Crippen LogP contribution in [-0.4, -0.2) is 55.2 Å². The van der Waals surface area contributed by atoms with Crippen molar-refractivity contribution in [1.29, 1.82) is 0 Å². The van der Waals surface area contributed by atoms with Crippen molar-refractivity contribution in [2.45, 2.75) is 52.0 Å². The summed E-state index contributed by atoms with van der Waals surface area (Å²) < 4.78 is 28.3. The van der Waals surface area contributed by atoms with Crippen LogP contribution in [0.2, 0.25) is 0 Å². The van der Waals surface area contributed by atoms with Gasteiger partial charge in [-0.2, -0.15) is 4.98 Å². The third-order valence-corrected chi connectivity index (χ3v) is 5.50. The Morgan fingerprint density at radius 1 is 1.46 bits per heavy atom. The number of aromatic nitrogens is 2. The first kappa shape index (κ1) is 18.7. The van der Waals surface area contributed by atoms with E-state index in [9.17, 15) is 8.42 Å². The molecule has 8 nitrogen and oxygen atoms in total. The number of hydrogen-bond donors (Lipinski definition) is 2. The number of aryl methyl sites for hydroxylation is 1. The second kappa shape index (κ2) is 8.46. The highest BCUT2D eigenvalue weighted by molar-refractivity contribution is 7.91. The molecule has 0 saturated carbocycles. The Morgan fingerprint density at radius 2 is 2.25 bits per heavy atom. The lowest BCUT2D eigenvalue weighted by Crippen LogP contribution is -2.44. The van der Waals surface area contributed by atoms with E-state index in [1.165, 1.54) is 0 Å². The van der Waals surface area contributed by atoms with Gasteiger partial charge in [0, 0.05) is 31.5 Å². The Labute approximate surface area is 143 Å². The Bertz CT molecular complexity index is 654. The van der Waals surface area contributed by atoms with Crippen molar-refractivity contribution in [2.75, 3.05) is 24.6 Å². The molecular weight excluding hydrogens is 330 g/mol. The van der Waals surface area contributed by atoms with Crippen molar-refractivity contribution in [3.63, 3.8) is 0 Å². The molecule has 0 aromatic carbocycles. The van der Waals surface area contributed by atoms with Gasteiger partial charge in [-0.25, -0.2) is 8.42 Å². The summed E-state index contributed by atoms with van der Waals surface area (Å²) in [6.07, 6.45) is 2.10. The molecular formula is C15H27N5O3S. The van der Waals surface area contributed by atoms with Gasteiger partial charge in [0.05, 0.1) is 11.5 Å². The first-order valence-electron chi connectivity index (χ1n) is 8.47. The van der Waals surface area contributed by atoms with Gasteiger partial charge < -0.3 is 15.2 Å². The SMILES string of the molecule is CCNC(=NCCCc1nc(C(C)C)no1)NC1CCS(=O)(=O)C1. The number of nitrogens with one attached hydrogen (secondary N) is 2. The van der Waals surface area contributed by atoms with E-state index in [1.807, 2.05) is 20.8 Å². The topological polar surface area (TPSA) is 109 Å². The zero-order valence-electron chi connectivity index (χ0n) is 14.6. The van der Waals surface area contributed by atoms with E-state index in [2.05, 4.69) is 25.8 Å². The standard InChI is InChI=1S/C15H27N5O3S/c1-4-16-15(18-12-7-9-24(21,22)10-12)17-8-5-6-13-19-14(11(2)3)20-23-13/h11-12H,4-10H2,1-3H3,(H2,16,17,18). The Kier molecular flexibility index (Phi) is 6.59. The molecule has 24 heavy (non-hydrogen) atoms. The van der Waals surface area contributed by atoms with Gasteiger partial charge in [0.1, 0.15) is 0 Å². The van der Waals surface area contributed by atoms with Gasteiger partial charge in [-0.05, 0) is 19.8 Å². The van der Waals surface area contributed by atoms with Crippen molar-refractivity contribution in [3.05, 3.63) is 11.7 Å². The fraction of sp³-hybridized carbons (Fsp3) is 0.800. The summed E-state index contributed by atoms with van der Waals surface area (Å²) in [6, 6.07) is -0.0580. The lowest BCUT2D eigenvalue weighted by molar-refractivity contribution is 0.369. The van der Waals surface area contributed by atoms with Crippen molar-refractivity contribution in [2.24, 2.45) is 4.99 Å². The van der Waals surface area contributed by atoms with E-state index in [1.54, 1.807) is 0 Å². The molecule has 2 N–H and O–H groups in total. The lowest BCUT2D eigenvalue weighted by Gasteiger charge is -2.15. The molecule has 1 aromatic heterocycles. The summed E-state index contributed by atoms with van der Waals surface area (Å²) in [5, 5.41) is 10.3. The van der Waals surface area contributed by atoms with Crippen molar-refractivity contribution in [3.8, 4) is 0 Å². The highest BCUT2D eigenvalue weighted by Crippen LogP contribution is 2.12. The minimum absolute atomic E-state index is 0.0580. The largest absolute Gasteiger partial charge is 0.357 e. The van der Waals surface area contributed by atoms with E-state index in [4.69, 9.17) is 4.52 Å². The summed E-state index contributed by atoms with van der Waals surface area (Å²) in [4.78, 5) is 8.83. The first-order valence-corrected chi connectivity index (χ1v) is 10.3. The molecule has 136 valence electrons. The predicted molar refractivity (Wildman–Crippen MR) is 92.9 cm³/mol. The quantitative estimate of drug-likeness (QED) is 0.423. The third kappa shape index (κ3) is 5.77. The van der Waals surface area contributed by atoms with Crippen LogP contribution >= 0.6 is 0 Å². The number of aliphatic imine (C=N–C) groups is 1. The Morgan fingerprint density at radius 3 is 2.83 bits per heavy atom. The molecule has 2 rings (SSSR count). The average Bonchev–Trinajstić information content (AvgIpc) is 3.10. The fourth-order valence-electron chi connectivity index (χ4n) is 2.45. The molecule has 1 atom stereocenters. The monoisotopic (exact) mass is 357 g/mol. The van der Waals surface area contributed by atoms with Gasteiger partial charge >= 0.3 is 0 Å². The minimum atomic E-state index is -2.89. The second-order valence-electron chi connectivity index (χ2n) is 6.31. The van der Waals surface area contributed by atoms with Crippen molar-refractivity contribution < 1.29 is 12.9 Å². The second-order valence-corrected chi connectivity index (χ2v) is 8.54. The highest BCUT2D eigenvalue weighted by atomic mass is 32.2. The molecule has 0 spiro atoms. The molecule has 1 aliphatic heterocycles. The summed E-state index contributed by atoms with van der Waals surface area (Å²) >= 11 is 0. The predicted octanol–water partition coefficient (Wildman–Crippen LogP) is 0.868. The number of nitrogens with zero attached hydrogens (tertiary/aromatic N) is 3. The lowest BCUT2D eigenvalue weighted by atomic mass is 10.2. The van der Waals surface area contributed by atoms with Crippen LogP contribution in [0.3, 0.4) is 0 Å². The fourth-order valence-corrected chi connectivity index (χ4v) is 4.12. The summed E-state index contributed by atoms with van der Waals surface area (Å²) in [6.45, 7) is 7.36. The summed E-state index contributed by atoms with van der Waals surface area (Å²) in [7, 11) is -2.89. The minimum Gasteiger partial charge on any atom is -0.357 e. The number of sulfone groups is 1. The molecule has 1 aliphatic rings. The van der Waals surface area contributed by atoms with Crippen molar-refractivity contribution >= 4 is 15.8 Å². The summed E-state index contributed by atoms with van der Waals surface area (Å²) in [5.74, 6) is 2.71. The van der Waals surface area contributed by atoms with Crippen LogP contribution in [0.25, 0.3) is 0 Å². The zero-order chi connectivity index (χ0) is 17.6. The smallest absolute Gasteiger partial charge is 0.226 e. The van der Waals surface area contributed by atoms with Crippen LogP contribution in [0.5, 0.6) is 0 Å². The molecule has 0 amide bonds. The Hall–Kier alpha value is -1.64. The van der Waals surface area contributed by atoms with Crippen LogP contribution < -0.4 is 10.6 Å². The van der Waals surface area contributed by atoms with Gasteiger partial charge in [0.25, 0.3) is 0 Å². The van der Waals surface area contributed by atoms with Gasteiger partial charge in [-0.1, -0.05) is 19.0 Å². The molecule has 1 saturated heterocycles. The maximum Gasteiger partial charge on any atom is 0.226 e. The average molecular weight is 357 g/mol. The number of hydrogen-bond acceptors (Lipinski definition) is 6. The van der Waals surface area contributed by atoms with E-state index < -0.39 is 9.84 Å². The van der Waals surface area contributed by atoms with Gasteiger partial charge in [-0.15, -0.1) is 0 Å². The normalized spacial score (nSPS) is 20.5. The first-order chi connectivity index (χ1) is 11.4. The van der Waals surface area contributed by atoms with Gasteiger partial charge in [0.2, 0.25) is 5.89 Å². The number of guanidine groups is 1. The van der Waals surface area contributed by atoms with Crippen LogP contribution in [0.15, 0.2) is 9.52 Å². The molecule has 1 unspecified atom stereocenters. The maximum absolute atomic E-state index is 11.5.